The average molecular weight is 351 g/mol. The van der Waals surface area contributed by atoms with Gasteiger partial charge in [-0.3, -0.25) is 14.7 Å². The number of aromatic nitrogens is 4. The number of aryl methyl sites for hydroxylation is 1. The van der Waals surface area contributed by atoms with Crippen LogP contribution in [0.2, 0.25) is 0 Å². The molecule has 26 heavy (non-hydrogen) atoms. The van der Waals surface area contributed by atoms with Crippen molar-refractivity contribution < 1.29 is 9.47 Å². The lowest BCUT2D eigenvalue weighted by molar-refractivity contribution is 0.174. The van der Waals surface area contributed by atoms with E-state index in [1.165, 1.54) is 22.5 Å². The van der Waals surface area contributed by atoms with Gasteiger partial charge in [-0.25, -0.2) is 0 Å². The van der Waals surface area contributed by atoms with Crippen molar-refractivity contribution in [3.63, 3.8) is 0 Å². The first-order valence-electron chi connectivity index (χ1n) is 8.85. The van der Waals surface area contributed by atoms with Crippen molar-refractivity contribution in [2.75, 3.05) is 13.3 Å². The number of rotatable bonds is 3. The molecule has 0 atom stereocenters. The third-order valence-corrected chi connectivity index (χ3v) is 5.39. The van der Waals surface area contributed by atoms with E-state index in [1.807, 2.05) is 36.1 Å². The fraction of sp³-hybridized carbons (Fsp3) is 0.368. The zero-order valence-corrected chi connectivity index (χ0v) is 15.0. The van der Waals surface area contributed by atoms with Crippen LogP contribution >= 0.6 is 0 Å². The molecule has 2 aromatic heterocycles. The van der Waals surface area contributed by atoms with Gasteiger partial charge in [0.2, 0.25) is 6.79 Å². The summed E-state index contributed by atoms with van der Waals surface area (Å²) in [6.07, 6.45) is 2.95. The van der Waals surface area contributed by atoms with Gasteiger partial charge in [-0.1, -0.05) is 0 Å². The Morgan fingerprint density at radius 3 is 2.96 bits per heavy atom. The summed E-state index contributed by atoms with van der Waals surface area (Å²) in [6.45, 7) is 5.21. The van der Waals surface area contributed by atoms with Crippen molar-refractivity contribution in [1.29, 1.82) is 0 Å². The number of aromatic amines is 1. The van der Waals surface area contributed by atoms with Gasteiger partial charge in [0.1, 0.15) is 0 Å². The van der Waals surface area contributed by atoms with E-state index in [4.69, 9.17) is 9.47 Å². The van der Waals surface area contributed by atoms with Gasteiger partial charge in [-0.05, 0) is 25.1 Å². The third-order valence-electron chi connectivity index (χ3n) is 5.39. The number of benzene rings is 1. The maximum absolute atomic E-state index is 5.52. The van der Waals surface area contributed by atoms with Gasteiger partial charge >= 0.3 is 0 Å². The highest BCUT2D eigenvalue weighted by atomic mass is 16.7. The van der Waals surface area contributed by atoms with E-state index >= 15 is 0 Å². The van der Waals surface area contributed by atoms with E-state index in [0.29, 0.717) is 0 Å². The first-order valence-corrected chi connectivity index (χ1v) is 8.85. The van der Waals surface area contributed by atoms with Crippen LogP contribution in [0.5, 0.6) is 11.5 Å². The highest BCUT2D eigenvalue weighted by molar-refractivity contribution is 5.68. The monoisotopic (exact) mass is 351 g/mol. The Morgan fingerprint density at radius 2 is 2.12 bits per heavy atom. The predicted molar refractivity (Wildman–Crippen MR) is 95.9 cm³/mol. The SMILES string of the molecule is Cc1c(CN2CCc3[nH]nc(-c4ccc5c(c4)OCO5)c3C2)cnn1C. The van der Waals surface area contributed by atoms with Crippen molar-refractivity contribution in [3.05, 3.63) is 46.9 Å². The van der Waals surface area contributed by atoms with Crippen LogP contribution in [0.1, 0.15) is 22.5 Å². The van der Waals surface area contributed by atoms with Gasteiger partial charge in [0.25, 0.3) is 0 Å². The molecule has 0 fully saturated rings. The summed E-state index contributed by atoms with van der Waals surface area (Å²) in [5, 5.41) is 12.2. The molecule has 0 unspecified atom stereocenters. The van der Waals surface area contributed by atoms with Crippen LogP contribution in [-0.4, -0.2) is 38.2 Å². The lowest BCUT2D eigenvalue weighted by Crippen LogP contribution is -2.30. The molecule has 0 aliphatic carbocycles. The highest BCUT2D eigenvalue weighted by Gasteiger charge is 2.24. The zero-order valence-electron chi connectivity index (χ0n) is 15.0. The van der Waals surface area contributed by atoms with E-state index in [-0.39, 0.29) is 6.79 Å². The Bertz CT molecular complexity index is 974. The van der Waals surface area contributed by atoms with Crippen LogP contribution in [0.25, 0.3) is 11.3 Å². The number of H-pyrrole nitrogens is 1. The number of hydrogen-bond acceptors (Lipinski definition) is 5. The van der Waals surface area contributed by atoms with E-state index in [1.54, 1.807) is 0 Å². The number of hydrogen-bond donors (Lipinski definition) is 1. The maximum Gasteiger partial charge on any atom is 0.231 e. The normalized spacial score (nSPS) is 16.1. The molecule has 0 radical (unpaired) electrons. The molecule has 0 saturated carbocycles. The minimum atomic E-state index is 0.287. The Labute approximate surface area is 151 Å². The van der Waals surface area contributed by atoms with Crippen LogP contribution in [0.15, 0.2) is 24.4 Å². The van der Waals surface area contributed by atoms with E-state index < -0.39 is 0 Å². The molecule has 7 nitrogen and oxygen atoms in total. The van der Waals surface area contributed by atoms with Gasteiger partial charge in [0, 0.05) is 61.2 Å². The van der Waals surface area contributed by atoms with Crippen LogP contribution in [-0.2, 0) is 26.6 Å². The molecule has 3 aromatic rings. The first-order chi connectivity index (χ1) is 12.7. The largest absolute Gasteiger partial charge is 0.454 e. The molecular formula is C19H21N5O2. The molecule has 2 aliphatic rings. The Hall–Kier alpha value is -2.80. The molecule has 134 valence electrons. The van der Waals surface area contributed by atoms with E-state index in [9.17, 15) is 0 Å². The molecule has 7 heteroatoms. The lowest BCUT2D eigenvalue weighted by atomic mass is 10.0. The molecule has 4 heterocycles. The second-order valence-corrected chi connectivity index (χ2v) is 6.94. The summed E-state index contributed by atoms with van der Waals surface area (Å²) in [5.74, 6) is 1.59. The van der Waals surface area contributed by atoms with Crippen molar-refractivity contribution in [3.8, 4) is 22.8 Å². The van der Waals surface area contributed by atoms with Crippen molar-refractivity contribution in [1.82, 2.24) is 24.9 Å². The Balaban J connectivity index is 1.42. The molecule has 0 spiro atoms. The second kappa shape index (κ2) is 5.88. The quantitative estimate of drug-likeness (QED) is 0.785. The van der Waals surface area contributed by atoms with Gasteiger partial charge in [0.15, 0.2) is 11.5 Å². The third kappa shape index (κ3) is 2.47. The van der Waals surface area contributed by atoms with Crippen molar-refractivity contribution >= 4 is 0 Å². The van der Waals surface area contributed by atoms with Crippen LogP contribution in [0.4, 0.5) is 0 Å². The predicted octanol–water partition coefficient (Wildman–Crippen LogP) is 2.41. The average Bonchev–Trinajstić information content (AvgIpc) is 3.36. The summed E-state index contributed by atoms with van der Waals surface area (Å²) < 4.78 is 12.9. The fourth-order valence-corrected chi connectivity index (χ4v) is 3.71. The number of fused-ring (bicyclic) bond motifs is 2. The summed E-state index contributed by atoms with van der Waals surface area (Å²) >= 11 is 0. The molecule has 2 aliphatic heterocycles. The Kier molecular flexibility index (Phi) is 3.49. The molecule has 1 aromatic carbocycles. The summed E-state index contributed by atoms with van der Waals surface area (Å²) in [6, 6.07) is 6.02. The Morgan fingerprint density at radius 1 is 1.23 bits per heavy atom. The minimum absolute atomic E-state index is 0.287. The number of nitrogens with one attached hydrogen (secondary N) is 1. The lowest BCUT2D eigenvalue weighted by Gasteiger charge is -2.26. The highest BCUT2D eigenvalue weighted by Crippen LogP contribution is 2.37. The molecule has 1 N–H and O–H groups in total. The van der Waals surface area contributed by atoms with E-state index in [2.05, 4.69) is 27.1 Å². The molecule has 0 amide bonds. The zero-order chi connectivity index (χ0) is 17.7. The number of nitrogens with zero attached hydrogens (tertiary/aromatic N) is 4. The van der Waals surface area contributed by atoms with Crippen molar-refractivity contribution in [2.24, 2.45) is 7.05 Å². The summed E-state index contributed by atoms with van der Waals surface area (Å²) in [4.78, 5) is 2.46. The van der Waals surface area contributed by atoms with Crippen LogP contribution < -0.4 is 9.47 Å². The summed E-state index contributed by atoms with van der Waals surface area (Å²) in [5.41, 5.74) is 7.08. The molecule has 0 saturated heterocycles. The van der Waals surface area contributed by atoms with Crippen LogP contribution in [0, 0.1) is 6.92 Å². The van der Waals surface area contributed by atoms with E-state index in [0.717, 1.165) is 48.8 Å². The standard InChI is InChI=1S/C19H21N5O2/c1-12-14(8-20-23(12)2)9-24-6-5-16-15(10-24)19(22-21-16)13-3-4-17-18(7-13)26-11-25-17/h3-4,7-8H,5-6,9-11H2,1-2H3,(H,21,22). The van der Waals surface area contributed by atoms with Crippen LogP contribution in [0.3, 0.4) is 0 Å². The minimum Gasteiger partial charge on any atom is -0.454 e. The molecular weight excluding hydrogens is 330 g/mol. The van der Waals surface area contributed by atoms with Crippen molar-refractivity contribution in [2.45, 2.75) is 26.4 Å². The summed E-state index contributed by atoms with van der Waals surface area (Å²) in [7, 11) is 1.99. The van der Waals surface area contributed by atoms with Gasteiger partial charge in [-0.2, -0.15) is 10.2 Å². The topological polar surface area (TPSA) is 68.2 Å². The second-order valence-electron chi connectivity index (χ2n) is 6.94. The maximum atomic E-state index is 5.52. The van der Waals surface area contributed by atoms with Gasteiger partial charge in [-0.15, -0.1) is 0 Å². The molecule has 5 rings (SSSR count). The van der Waals surface area contributed by atoms with Gasteiger partial charge in [0.05, 0.1) is 11.9 Å². The molecule has 0 bridgehead atoms. The van der Waals surface area contributed by atoms with Gasteiger partial charge < -0.3 is 9.47 Å². The smallest absolute Gasteiger partial charge is 0.231 e. The first kappa shape index (κ1) is 15.5. The number of ether oxygens (including phenoxy) is 2. The fourth-order valence-electron chi connectivity index (χ4n) is 3.71.